The molecule has 264 valence electrons. The Bertz CT molecular complexity index is 2410. The molecule has 0 saturated heterocycles. The molecule has 0 amide bonds. The molecule has 0 saturated carbocycles. The van der Waals surface area contributed by atoms with Gasteiger partial charge < -0.3 is 19.1 Å². The van der Waals surface area contributed by atoms with Gasteiger partial charge in [-0.1, -0.05) is 97.1 Å². The molecule has 0 radical (unpaired) electrons. The summed E-state index contributed by atoms with van der Waals surface area (Å²) in [5, 5.41) is 0. The predicted octanol–water partition coefficient (Wildman–Crippen LogP) is 10.2. The van der Waals surface area contributed by atoms with E-state index < -0.39 is 10.8 Å². The van der Waals surface area contributed by atoms with Gasteiger partial charge in [-0.25, -0.2) is 0 Å². The quantitative estimate of drug-likeness (QED) is 0.151. The molecule has 8 aromatic rings. The van der Waals surface area contributed by atoms with Gasteiger partial charge in [0.25, 0.3) is 0 Å². The highest BCUT2D eigenvalue weighted by molar-refractivity contribution is 7.32. The normalized spacial score (nSPS) is 17.8. The van der Waals surface area contributed by atoms with Crippen LogP contribution in [0.3, 0.4) is 0 Å². The van der Waals surface area contributed by atoms with E-state index >= 15 is 0 Å². The van der Waals surface area contributed by atoms with Crippen LogP contribution in [0.5, 0.6) is 23.0 Å². The molecule has 10 rings (SSSR count). The summed E-state index contributed by atoms with van der Waals surface area (Å²) >= 11 is 3.79. The van der Waals surface area contributed by atoms with Crippen molar-refractivity contribution in [1.29, 1.82) is 0 Å². The molecule has 2 unspecified atom stereocenters. The zero-order chi connectivity index (χ0) is 36.6. The monoisotopic (exact) mass is 742 g/mol. The molecular formula is C46H34N2O4S2. The van der Waals surface area contributed by atoms with Crippen molar-refractivity contribution in [2.24, 2.45) is 11.8 Å². The van der Waals surface area contributed by atoms with Gasteiger partial charge in [0.05, 0.1) is 34.4 Å². The number of fused-ring (bicyclic) bond motifs is 9. The van der Waals surface area contributed by atoms with Gasteiger partial charge in [0.1, 0.15) is 23.0 Å². The van der Waals surface area contributed by atoms with Gasteiger partial charge >= 0.3 is 0 Å². The SMILES string of the molecule is COc1ccc(C2(c3ccc(ON)cc3)c3ccccc3-c3sc4c5c(sc4c32)-c2ccccc2C5(c2ccc(OC)cc2)c2ccc(ON)cc2)cc1. The summed E-state index contributed by atoms with van der Waals surface area (Å²) in [5.41, 5.74) is 10.9. The average molecular weight is 743 g/mol. The molecule has 6 nitrogen and oxygen atoms in total. The molecular weight excluding hydrogens is 709 g/mol. The van der Waals surface area contributed by atoms with Crippen molar-refractivity contribution in [3.05, 3.63) is 190 Å². The first-order valence-electron chi connectivity index (χ1n) is 17.6. The lowest BCUT2D eigenvalue weighted by atomic mass is 9.67. The fraction of sp³-hybridized carbons (Fsp3) is 0.0870. The van der Waals surface area contributed by atoms with Crippen LogP contribution in [0.2, 0.25) is 0 Å². The van der Waals surface area contributed by atoms with E-state index in [9.17, 15) is 0 Å². The number of nitrogens with two attached hydrogens (primary N) is 2. The number of ether oxygens (including phenoxy) is 2. The first-order chi connectivity index (χ1) is 26.6. The number of rotatable bonds is 8. The van der Waals surface area contributed by atoms with Crippen LogP contribution >= 0.6 is 22.7 Å². The minimum atomic E-state index is -0.634. The Morgan fingerprint density at radius 1 is 0.407 bits per heavy atom. The predicted molar refractivity (Wildman–Crippen MR) is 217 cm³/mol. The van der Waals surface area contributed by atoms with E-state index in [2.05, 4.69) is 121 Å². The summed E-state index contributed by atoms with van der Waals surface area (Å²) in [4.78, 5) is 12.9. The van der Waals surface area contributed by atoms with Crippen LogP contribution in [-0.2, 0) is 10.8 Å². The van der Waals surface area contributed by atoms with E-state index in [1.165, 1.54) is 52.5 Å². The molecule has 2 aromatic heterocycles. The summed E-state index contributed by atoms with van der Waals surface area (Å²) in [6.45, 7) is 0. The van der Waals surface area contributed by atoms with Crippen LogP contribution in [0.1, 0.15) is 44.5 Å². The van der Waals surface area contributed by atoms with Crippen LogP contribution in [0.15, 0.2) is 146 Å². The van der Waals surface area contributed by atoms with Crippen LogP contribution in [-0.4, -0.2) is 14.2 Å². The second-order valence-electron chi connectivity index (χ2n) is 13.6. The standard InChI is InChI=1S/C46H34N2O4S2/c1-49-31-19-11-27(12-20-31)45(29-15-23-33(51-47)24-16-29)37-9-5-3-7-35(37)41-39(45)43-44(53-41)40-42(54-43)36-8-4-6-10-38(36)46(40,28-13-21-32(50-2)22-14-28)30-17-25-34(52-48)26-18-30/h3-26H,47-48H2,1-2H3. The van der Waals surface area contributed by atoms with Gasteiger partial charge in [-0.05, 0) is 93.0 Å². The third kappa shape index (κ3) is 4.28. The largest absolute Gasteiger partial charge is 0.497 e. The van der Waals surface area contributed by atoms with Crippen molar-refractivity contribution in [3.8, 4) is 43.9 Å². The third-order valence-electron chi connectivity index (χ3n) is 11.3. The highest BCUT2D eigenvalue weighted by Crippen LogP contribution is 2.68. The zero-order valence-corrected chi connectivity index (χ0v) is 31.1. The zero-order valence-electron chi connectivity index (χ0n) is 29.5. The molecule has 6 aromatic carbocycles. The second kappa shape index (κ2) is 12.3. The molecule has 8 heteroatoms. The summed E-state index contributed by atoms with van der Waals surface area (Å²) < 4.78 is 13.9. The van der Waals surface area contributed by atoms with Gasteiger partial charge in [-0.15, -0.1) is 22.7 Å². The van der Waals surface area contributed by atoms with E-state index in [-0.39, 0.29) is 0 Å². The van der Waals surface area contributed by atoms with Crippen LogP contribution in [0.25, 0.3) is 30.3 Å². The summed E-state index contributed by atoms with van der Waals surface area (Å²) in [6.07, 6.45) is 0. The third-order valence-corrected chi connectivity index (χ3v) is 13.9. The van der Waals surface area contributed by atoms with Crippen molar-refractivity contribution in [2.45, 2.75) is 10.8 Å². The minimum absolute atomic E-state index is 0.604. The number of methoxy groups -OCH3 is 2. The molecule has 2 atom stereocenters. The van der Waals surface area contributed by atoms with Crippen molar-refractivity contribution in [1.82, 2.24) is 0 Å². The number of thiophene rings is 2. The maximum absolute atomic E-state index is 5.66. The molecule has 0 bridgehead atoms. The smallest absolute Gasteiger partial charge is 0.146 e. The average Bonchev–Trinajstić information content (AvgIpc) is 3.95. The lowest BCUT2D eigenvalue weighted by molar-refractivity contribution is 0.334. The molecule has 0 spiro atoms. The number of hydrogen-bond donors (Lipinski definition) is 2. The molecule has 54 heavy (non-hydrogen) atoms. The van der Waals surface area contributed by atoms with Gasteiger partial charge in [-0.2, -0.15) is 11.8 Å². The van der Waals surface area contributed by atoms with Gasteiger partial charge in [0.15, 0.2) is 0 Å². The first kappa shape index (κ1) is 32.7. The Hall–Kier alpha value is -5.90. The Morgan fingerprint density at radius 2 is 0.722 bits per heavy atom. The van der Waals surface area contributed by atoms with Gasteiger partial charge in [-0.3, -0.25) is 0 Å². The molecule has 2 heterocycles. The van der Waals surface area contributed by atoms with Crippen molar-refractivity contribution in [3.63, 3.8) is 0 Å². The van der Waals surface area contributed by atoms with E-state index in [0.29, 0.717) is 11.5 Å². The number of benzene rings is 6. The van der Waals surface area contributed by atoms with E-state index in [4.69, 9.17) is 30.9 Å². The fourth-order valence-corrected chi connectivity index (χ4v) is 12.2. The lowest BCUT2D eigenvalue weighted by Gasteiger charge is -2.34. The highest BCUT2D eigenvalue weighted by Gasteiger charge is 2.53. The van der Waals surface area contributed by atoms with E-state index in [1.807, 2.05) is 46.9 Å². The maximum atomic E-state index is 5.66. The Morgan fingerprint density at radius 3 is 1.04 bits per heavy atom. The van der Waals surface area contributed by atoms with Crippen molar-refractivity contribution in [2.75, 3.05) is 14.2 Å². The Kier molecular flexibility index (Phi) is 7.47. The second-order valence-corrected chi connectivity index (χ2v) is 15.6. The maximum Gasteiger partial charge on any atom is 0.146 e. The topological polar surface area (TPSA) is 89.0 Å². The lowest BCUT2D eigenvalue weighted by Crippen LogP contribution is -2.29. The fourth-order valence-electron chi connectivity index (χ4n) is 9.06. The molecule has 4 N–H and O–H groups in total. The van der Waals surface area contributed by atoms with Crippen molar-refractivity contribution < 1.29 is 19.1 Å². The van der Waals surface area contributed by atoms with Crippen LogP contribution < -0.4 is 30.9 Å². The minimum Gasteiger partial charge on any atom is -0.497 e. The first-order valence-corrected chi connectivity index (χ1v) is 19.2. The number of hydrogen-bond acceptors (Lipinski definition) is 8. The molecule has 0 fully saturated rings. The van der Waals surface area contributed by atoms with E-state index in [0.717, 1.165) is 33.8 Å². The summed E-state index contributed by atoms with van der Waals surface area (Å²) in [7, 11) is 3.41. The van der Waals surface area contributed by atoms with Gasteiger partial charge in [0.2, 0.25) is 0 Å². The molecule has 2 aliphatic carbocycles. The summed E-state index contributed by atoms with van der Waals surface area (Å²) in [6, 6.07) is 51.2. The van der Waals surface area contributed by atoms with E-state index in [1.54, 1.807) is 14.2 Å². The van der Waals surface area contributed by atoms with Crippen molar-refractivity contribution >= 4 is 32.1 Å². The summed E-state index contributed by atoms with van der Waals surface area (Å²) in [5.74, 6) is 14.1. The van der Waals surface area contributed by atoms with Gasteiger partial charge in [0, 0.05) is 20.9 Å². The Labute approximate surface area is 320 Å². The molecule has 2 aliphatic rings. The van der Waals surface area contributed by atoms with Crippen LogP contribution in [0, 0.1) is 0 Å². The highest BCUT2D eigenvalue weighted by atomic mass is 32.1. The molecule has 0 aliphatic heterocycles. The Balaban J connectivity index is 1.35. The van der Waals surface area contributed by atoms with Crippen LogP contribution in [0.4, 0.5) is 0 Å².